The van der Waals surface area contributed by atoms with Gasteiger partial charge in [-0.15, -0.1) is 0 Å². The quantitative estimate of drug-likeness (QED) is 0.499. The Morgan fingerprint density at radius 2 is 1.65 bits per heavy atom. The second-order valence-electron chi connectivity index (χ2n) is 8.32. The topological polar surface area (TPSA) is 114 Å². The van der Waals surface area contributed by atoms with Gasteiger partial charge < -0.3 is 20.1 Å². The van der Waals surface area contributed by atoms with E-state index in [4.69, 9.17) is 9.47 Å². The molecule has 2 aromatic carbocycles. The molecule has 0 atom stereocenters. The molecule has 0 heterocycles. The van der Waals surface area contributed by atoms with Crippen molar-refractivity contribution >= 4 is 21.8 Å². The third kappa shape index (κ3) is 7.19. The van der Waals surface area contributed by atoms with Crippen LogP contribution in [0.2, 0.25) is 0 Å². The molecule has 2 N–H and O–H groups in total. The molecule has 9 nitrogen and oxygen atoms in total. The lowest BCUT2D eigenvalue weighted by Crippen LogP contribution is -2.34. The fourth-order valence-electron chi connectivity index (χ4n) is 2.94. The summed E-state index contributed by atoms with van der Waals surface area (Å²) in [5.74, 6) is 0.0853. The van der Waals surface area contributed by atoms with Crippen molar-refractivity contribution in [3.63, 3.8) is 0 Å². The first kappa shape index (κ1) is 27.1. The summed E-state index contributed by atoms with van der Waals surface area (Å²) in [5, 5.41) is 5.53. The van der Waals surface area contributed by atoms with E-state index in [1.54, 1.807) is 45.2 Å². The zero-order valence-electron chi connectivity index (χ0n) is 20.4. The maximum Gasteiger partial charge on any atom is 0.258 e. The number of carbonyl (C=O) groups is 2. The average Bonchev–Trinajstić information content (AvgIpc) is 2.80. The standard InChI is InChI=1S/C24H33N3O6S/c1-16(2)26-23(28)15-33-21-12-9-19(13-22(21)32-6)24(29)25-14-18-7-10-20(11-8-18)34(30,31)27(5)17(3)4/h7-13,16-17H,14-15H2,1-6H3,(H,25,29)(H,26,28). The Kier molecular flexibility index (Phi) is 9.46. The minimum Gasteiger partial charge on any atom is -0.493 e. The fourth-order valence-corrected chi connectivity index (χ4v) is 4.31. The van der Waals surface area contributed by atoms with Crippen molar-refractivity contribution in [2.24, 2.45) is 0 Å². The summed E-state index contributed by atoms with van der Waals surface area (Å²) < 4.78 is 37.2. The molecule has 2 rings (SSSR count). The zero-order valence-corrected chi connectivity index (χ0v) is 21.2. The van der Waals surface area contributed by atoms with Crippen LogP contribution in [0.4, 0.5) is 0 Å². The summed E-state index contributed by atoms with van der Waals surface area (Å²) in [4.78, 5) is 24.6. The SMILES string of the molecule is COc1cc(C(=O)NCc2ccc(S(=O)(=O)N(C)C(C)C)cc2)ccc1OCC(=O)NC(C)C. The highest BCUT2D eigenvalue weighted by atomic mass is 32.2. The molecule has 10 heteroatoms. The molecule has 0 radical (unpaired) electrons. The van der Waals surface area contributed by atoms with Crippen LogP contribution in [0.5, 0.6) is 11.5 Å². The predicted molar refractivity (Wildman–Crippen MR) is 129 cm³/mol. The number of nitrogens with one attached hydrogen (secondary N) is 2. The monoisotopic (exact) mass is 491 g/mol. The third-order valence-corrected chi connectivity index (χ3v) is 7.06. The van der Waals surface area contributed by atoms with Gasteiger partial charge in [0, 0.05) is 31.2 Å². The molecule has 0 saturated heterocycles. The molecule has 0 unspecified atom stereocenters. The van der Waals surface area contributed by atoms with E-state index >= 15 is 0 Å². The number of sulfonamides is 1. The third-order valence-electron chi connectivity index (χ3n) is 5.01. The van der Waals surface area contributed by atoms with Gasteiger partial charge in [0.1, 0.15) is 0 Å². The second kappa shape index (κ2) is 11.8. The summed E-state index contributed by atoms with van der Waals surface area (Å²) in [7, 11) is -0.573. The summed E-state index contributed by atoms with van der Waals surface area (Å²) in [6.45, 7) is 7.37. The molecular weight excluding hydrogens is 458 g/mol. The van der Waals surface area contributed by atoms with Gasteiger partial charge in [-0.2, -0.15) is 4.31 Å². The number of benzene rings is 2. The van der Waals surface area contributed by atoms with Gasteiger partial charge >= 0.3 is 0 Å². The maximum atomic E-state index is 12.6. The highest BCUT2D eigenvalue weighted by Gasteiger charge is 2.22. The number of hydrogen-bond donors (Lipinski definition) is 2. The number of hydrogen-bond acceptors (Lipinski definition) is 6. The number of rotatable bonds is 11. The Labute approximate surface area is 201 Å². The van der Waals surface area contributed by atoms with Gasteiger partial charge in [0.2, 0.25) is 10.0 Å². The number of amides is 2. The van der Waals surface area contributed by atoms with Crippen LogP contribution >= 0.6 is 0 Å². The Hall–Kier alpha value is -3.11. The van der Waals surface area contributed by atoms with Gasteiger partial charge in [-0.25, -0.2) is 8.42 Å². The van der Waals surface area contributed by atoms with Crippen LogP contribution < -0.4 is 20.1 Å². The maximum absolute atomic E-state index is 12.6. The molecule has 0 spiro atoms. The second-order valence-corrected chi connectivity index (χ2v) is 10.3. The fraction of sp³-hybridized carbons (Fsp3) is 0.417. The Bertz CT molecular complexity index is 1100. The Morgan fingerprint density at radius 1 is 1.00 bits per heavy atom. The van der Waals surface area contributed by atoms with Crippen LogP contribution in [0.15, 0.2) is 47.4 Å². The molecule has 0 aromatic heterocycles. The summed E-state index contributed by atoms with van der Waals surface area (Å²) in [5.41, 5.74) is 1.11. The van der Waals surface area contributed by atoms with Crippen molar-refractivity contribution in [3.8, 4) is 11.5 Å². The Morgan fingerprint density at radius 3 is 2.21 bits per heavy atom. The van der Waals surface area contributed by atoms with E-state index in [1.807, 2.05) is 13.8 Å². The van der Waals surface area contributed by atoms with E-state index in [9.17, 15) is 18.0 Å². The molecular formula is C24H33N3O6S. The molecule has 2 amide bonds. The lowest BCUT2D eigenvalue weighted by atomic mass is 10.1. The predicted octanol–water partition coefficient (Wildman–Crippen LogP) is 2.56. The van der Waals surface area contributed by atoms with Crippen LogP contribution in [-0.2, 0) is 21.4 Å². The first-order valence-corrected chi connectivity index (χ1v) is 12.3. The number of nitrogens with zero attached hydrogens (tertiary/aromatic N) is 1. The van der Waals surface area contributed by atoms with Crippen LogP contribution in [0.3, 0.4) is 0 Å². The molecule has 0 aliphatic heterocycles. The largest absolute Gasteiger partial charge is 0.493 e. The van der Waals surface area contributed by atoms with E-state index < -0.39 is 10.0 Å². The van der Waals surface area contributed by atoms with Crippen molar-refractivity contribution in [3.05, 3.63) is 53.6 Å². The zero-order chi connectivity index (χ0) is 25.5. The van der Waals surface area contributed by atoms with E-state index in [-0.39, 0.29) is 41.9 Å². The van der Waals surface area contributed by atoms with E-state index in [0.29, 0.717) is 17.1 Å². The molecule has 186 valence electrons. The van der Waals surface area contributed by atoms with Gasteiger partial charge in [0.15, 0.2) is 18.1 Å². The van der Waals surface area contributed by atoms with Gasteiger partial charge in [-0.1, -0.05) is 12.1 Å². The molecule has 0 aliphatic rings. The van der Waals surface area contributed by atoms with Crippen LogP contribution in [-0.4, -0.2) is 57.4 Å². The summed E-state index contributed by atoms with van der Waals surface area (Å²) in [6, 6.07) is 10.9. The molecule has 0 fully saturated rings. The molecule has 34 heavy (non-hydrogen) atoms. The summed E-state index contributed by atoms with van der Waals surface area (Å²) in [6.07, 6.45) is 0. The normalized spacial score (nSPS) is 11.6. The number of ether oxygens (including phenoxy) is 2. The molecule has 0 bridgehead atoms. The first-order chi connectivity index (χ1) is 15.9. The highest BCUT2D eigenvalue weighted by molar-refractivity contribution is 7.89. The van der Waals surface area contributed by atoms with E-state index in [2.05, 4.69) is 10.6 Å². The minimum absolute atomic E-state index is 0.00560. The van der Waals surface area contributed by atoms with Crippen molar-refractivity contribution in [2.75, 3.05) is 20.8 Å². The average molecular weight is 492 g/mol. The molecule has 0 saturated carbocycles. The lowest BCUT2D eigenvalue weighted by molar-refractivity contribution is -0.123. The van der Waals surface area contributed by atoms with Gasteiger partial charge in [0.05, 0.1) is 12.0 Å². The highest BCUT2D eigenvalue weighted by Crippen LogP contribution is 2.28. The van der Waals surface area contributed by atoms with Crippen molar-refractivity contribution in [1.82, 2.24) is 14.9 Å². The smallest absolute Gasteiger partial charge is 0.258 e. The molecule has 0 aliphatic carbocycles. The number of carbonyl (C=O) groups excluding carboxylic acids is 2. The first-order valence-electron chi connectivity index (χ1n) is 10.9. The van der Waals surface area contributed by atoms with Crippen LogP contribution in [0.1, 0.15) is 43.6 Å². The van der Waals surface area contributed by atoms with Crippen molar-refractivity contribution in [2.45, 2.75) is 51.2 Å². The lowest BCUT2D eigenvalue weighted by Gasteiger charge is -2.21. The number of methoxy groups -OCH3 is 1. The summed E-state index contributed by atoms with van der Waals surface area (Å²) >= 11 is 0. The van der Waals surface area contributed by atoms with E-state index in [0.717, 1.165) is 5.56 Å². The molecule has 2 aromatic rings. The van der Waals surface area contributed by atoms with Gasteiger partial charge in [-0.3, -0.25) is 9.59 Å². The van der Waals surface area contributed by atoms with E-state index in [1.165, 1.54) is 29.6 Å². The minimum atomic E-state index is -3.56. The van der Waals surface area contributed by atoms with Crippen LogP contribution in [0, 0.1) is 0 Å². The Balaban J connectivity index is 2.01. The van der Waals surface area contributed by atoms with Crippen LogP contribution in [0.25, 0.3) is 0 Å². The van der Waals surface area contributed by atoms with Crippen molar-refractivity contribution in [1.29, 1.82) is 0 Å². The van der Waals surface area contributed by atoms with Crippen molar-refractivity contribution < 1.29 is 27.5 Å². The van der Waals surface area contributed by atoms with Gasteiger partial charge in [0.25, 0.3) is 11.8 Å². The van der Waals surface area contributed by atoms with Gasteiger partial charge in [-0.05, 0) is 63.6 Å².